The Kier molecular flexibility index (Phi) is 3.75. The Morgan fingerprint density at radius 3 is 2.26 bits per heavy atom. The second-order valence-corrected chi connectivity index (χ2v) is 8.63. The molecule has 1 aliphatic rings. The summed E-state index contributed by atoms with van der Waals surface area (Å²) >= 11 is 3.26. The fraction of sp³-hybridized carbons (Fsp3) is 0.462. The van der Waals surface area contributed by atoms with Gasteiger partial charge >= 0.3 is 0 Å². The molecule has 0 radical (unpaired) electrons. The van der Waals surface area contributed by atoms with Crippen molar-refractivity contribution in [3.8, 4) is 0 Å². The van der Waals surface area contributed by atoms with E-state index in [0.717, 1.165) is 17.3 Å². The van der Waals surface area contributed by atoms with Gasteiger partial charge in [0.15, 0.2) is 9.84 Å². The Morgan fingerprint density at radius 2 is 1.79 bits per heavy atom. The van der Waals surface area contributed by atoms with Crippen LogP contribution in [0.2, 0.25) is 0 Å². The lowest BCUT2D eigenvalue weighted by atomic mass is 10.2. The zero-order valence-electron chi connectivity index (χ0n) is 10.8. The van der Waals surface area contributed by atoms with Gasteiger partial charge in [0.05, 0.1) is 4.90 Å². The van der Waals surface area contributed by atoms with Gasteiger partial charge in [-0.1, -0.05) is 15.9 Å². The van der Waals surface area contributed by atoms with Crippen LogP contribution in [0.5, 0.6) is 0 Å². The highest BCUT2D eigenvalue weighted by Gasteiger charge is 2.44. The Hall–Kier alpha value is -0.880. The number of hydrogen-bond acceptors (Lipinski definition) is 3. The summed E-state index contributed by atoms with van der Waals surface area (Å²) in [6, 6.07) is 6.47. The molecule has 6 heteroatoms. The number of rotatable bonds is 4. The van der Waals surface area contributed by atoms with Crippen molar-refractivity contribution < 1.29 is 13.2 Å². The first kappa shape index (κ1) is 14.5. The molecular weight excluding hydrogens is 330 g/mol. The van der Waals surface area contributed by atoms with Gasteiger partial charge in [0.2, 0.25) is 5.91 Å². The van der Waals surface area contributed by atoms with Gasteiger partial charge < -0.3 is 5.32 Å². The number of sulfone groups is 1. The first-order valence-electron chi connectivity index (χ1n) is 6.06. The quantitative estimate of drug-likeness (QED) is 0.910. The van der Waals surface area contributed by atoms with E-state index in [-0.39, 0.29) is 10.9 Å². The molecule has 1 aromatic carbocycles. The molecule has 0 spiro atoms. The maximum atomic E-state index is 12.5. The number of hydrogen-bond donors (Lipinski definition) is 1. The molecule has 104 valence electrons. The Labute approximate surface area is 121 Å². The van der Waals surface area contributed by atoms with Crippen molar-refractivity contribution >= 4 is 31.7 Å². The standard InChI is InChI=1S/C13H16BrNO3S/c1-13(2,12(16)15-10-5-6-10)19(17,18)11-7-3-9(14)4-8-11/h3-4,7-8,10H,5-6H2,1-2H3,(H,15,16). The maximum Gasteiger partial charge on any atom is 0.241 e. The summed E-state index contributed by atoms with van der Waals surface area (Å²) in [5, 5.41) is 2.75. The monoisotopic (exact) mass is 345 g/mol. The second-order valence-electron chi connectivity index (χ2n) is 5.22. The number of carbonyl (C=O) groups is 1. The summed E-state index contributed by atoms with van der Waals surface area (Å²) < 4.78 is 24.4. The van der Waals surface area contributed by atoms with Gasteiger partial charge in [0.1, 0.15) is 4.75 Å². The van der Waals surface area contributed by atoms with E-state index >= 15 is 0 Å². The van der Waals surface area contributed by atoms with Crippen LogP contribution in [-0.2, 0) is 14.6 Å². The third kappa shape index (κ3) is 2.84. The lowest BCUT2D eigenvalue weighted by molar-refractivity contribution is -0.123. The van der Waals surface area contributed by atoms with Gasteiger partial charge in [0, 0.05) is 10.5 Å². The molecule has 4 nitrogen and oxygen atoms in total. The van der Waals surface area contributed by atoms with Gasteiger partial charge in [-0.05, 0) is 51.0 Å². The summed E-state index contributed by atoms with van der Waals surface area (Å²) in [5.41, 5.74) is 0. The number of halogens is 1. The van der Waals surface area contributed by atoms with Gasteiger partial charge in [-0.2, -0.15) is 0 Å². The lowest BCUT2D eigenvalue weighted by Crippen LogP contribution is -2.48. The minimum Gasteiger partial charge on any atom is -0.352 e. The molecule has 2 rings (SSSR count). The fourth-order valence-corrected chi connectivity index (χ4v) is 3.27. The third-order valence-electron chi connectivity index (χ3n) is 3.26. The lowest BCUT2D eigenvalue weighted by Gasteiger charge is -2.23. The highest BCUT2D eigenvalue weighted by Crippen LogP contribution is 2.28. The Bertz CT molecular complexity index is 589. The molecule has 0 unspecified atom stereocenters. The van der Waals surface area contributed by atoms with Gasteiger partial charge in [-0.25, -0.2) is 8.42 Å². The number of carbonyl (C=O) groups excluding carboxylic acids is 1. The van der Waals surface area contributed by atoms with E-state index in [1.54, 1.807) is 12.1 Å². The predicted octanol–water partition coefficient (Wildman–Crippen LogP) is 2.28. The van der Waals surface area contributed by atoms with Crippen molar-refractivity contribution in [2.24, 2.45) is 0 Å². The van der Waals surface area contributed by atoms with E-state index < -0.39 is 20.5 Å². The maximum absolute atomic E-state index is 12.5. The summed E-state index contributed by atoms with van der Waals surface area (Å²) in [5.74, 6) is -0.432. The van der Waals surface area contributed by atoms with Gasteiger partial charge in [-0.3, -0.25) is 4.79 Å². The molecule has 1 aromatic rings. The van der Waals surface area contributed by atoms with Crippen molar-refractivity contribution in [2.75, 3.05) is 0 Å². The van der Waals surface area contributed by atoms with Crippen LogP contribution >= 0.6 is 15.9 Å². The van der Waals surface area contributed by atoms with Gasteiger partial charge in [-0.15, -0.1) is 0 Å². The zero-order valence-corrected chi connectivity index (χ0v) is 13.2. The molecule has 0 atom stereocenters. The van der Waals surface area contributed by atoms with Crippen LogP contribution in [0.1, 0.15) is 26.7 Å². The van der Waals surface area contributed by atoms with Crippen LogP contribution < -0.4 is 5.32 Å². The van der Waals surface area contributed by atoms with E-state index in [2.05, 4.69) is 21.2 Å². The smallest absolute Gasteiger partial charge is 0.241 e. The Morgan fingerprint density at radius 1 is 1.26 bits per heavy atom. The van der Waals surface area contributed by atoms with Crippen molar-refractivity contribution in [1.29, 1.82) is 0 Å². The topological polar surface area (TPSA) is 63.2 Å². The van der Waals surface area contributed by atoms with Crippen LogP contribution in [0.15, 0.2) is 33.6 Å². The van der Waals surface area contributed by atoms with E-state index in [1.807, 2.05) is 0 Å². The first-order valence-corrected chi connectivity index (χ1v) is 8.34. The fourth-order valence-electron chi connectivity index (χ4n) is 1.62. The molecule has 1 saturated carbocycles. The molecule has 19 heavy (non-hydrogen) atoms. The Balaban J connectivity index is 2.30. The normalized spacial score (nSPS) is 16.2. The summed E-state index contributed by atoms with van der Waals surface area (Å²) in [4.78, 5) is 12.3. The molecule has 0 aliphatic heterocycles. The number of amides is 1. The number of nitrogens with one attached hydrogen (secondary N) is 1. The average molecular weight is 346 g/mol. The van der Waals surface area contributed by atoms with Crippen LogP contribution in [0.3, 0.4) is 0 Å². The molecule has 1 amide bonds. The summed E-state index contributed by atoms with van der Waals surface area (Å²) in [7, 11) is -3.71. The zero-order chi connectivity index (χ0) is 14.3. The number of benzene rings is 1. The SMILES string of the molecule is CC(C)(C(=O)NC1CC1)S(=O)(=O)c1ccc(Br)cc1. The second kappa shape index (κ2) is 4.90. The van der Waals surface area contributed by atoms with Crippen LogP contribution in [0, 0.1) is 0 Å². The minimum atomic E-state index is -3.71. The first-order chi connectivity index (χ1) is 8.75. The van der Waals surface area contributed by atoms with E-state index in [9.17, 15) is 13.2 Å². The van der Waals surface area contributed by atoms with Crippen molar-refractivity contribution in [3.05, 3.63) is 28.7 Å². The van der Waals surface area contributed by atoms with Crippen molar-refractivity contribution in [3.63, 3.8) is 0 Å². The highest BCUT2D eigenvalue weighted by atomic mass is 79.9. The summed E-state index contributed by atoms with van der Waals surface area (Å²) in [6.45, 7) is 2.89. The molecule has 1 N–H and O–H groups in total. The summed E-state index contributed by atoms with van der Waals surface area (Å²) in [6.07, 6.45) is 1.86. The molecular formula is C13H16BrNO3S. The van der Waals surface area contributed by atoms with E-state index in [1.165, 1.54) is 26.0 Å². The third-order valence-corrected chi connectivity index (χ3v) is 6.21. The van der Waals surface area contributed by atoms with Gasteiger partial charge in [0.25, 0.3) is 0 Å². The van der Waals surface area contributed by atoms with Crippen LogP contribution in [-0.4, -0.2) is 25.1 Å². The van der Waals surface area contributed by atoms with Crippen molar-refractivity contribution in [1.82, 2.24) is 5.32 Å². The predicted molar refractivity (Wildman–Crippen MR) is 76.6 cm³/mol. The molecule has 0 saturated heterocycles. The van der Waals surface area contributed by atoms with Crippen molar-refractivity contribution in [2.45, 2.75) is 42.4 Å². The molecule has 1 fully saturated rings. The molecule has 0 heterocycles. The average Bonchev–Trinajstić information content (AvgIpc) is 3.13. The van der Waals surface area contributed by atoms with E-state index in [0.29, 0.717) is 0 Å². The largest absolute Gasteiger partial charge is 0.352 e. The molecule has 0 aromatic heterocycles. The molecule has 1 aliphatic carbocycles. The highest BCUT2D eigenvalue weighted by molar-refractivity contribution is 9.10. The minimum absolute atomic E-state index is 0.145. The van der Waals surface area contributed by atoms with Crippen LogP contribution in [0.25, 0.3) is 0 Å². The molecule has 0 bridgehead atoms. The van der Waals surface area contributed by atoms with E-state index in [4.69, 9.17) is 0 Å². The van der Waals surface area contributed by atoms with Crippen LogP contribution in [0.4, 0.5) is 0 Å².